The minimum Gasteiger partial charge on any atom is -0.349 e. The van der Waals surface area contributed by atoms with E-state index >= 15 is 0 Å². The third-order valence-corrected chi connectivity index (χ3v) is 3.32. The Morgan fingerprint density at radius 2 is 2.15 bits per heavy atom. The molecule has 2 N–H and O–H groups in total. The summed E-state index contributed by atoms with van der Waals surface area (Å²) in [5, 5.41) is 4.25. The van der Waals surface area contributed by atoms with Gasteiger partial charge >= 0.3 is 0 Å². The Morgan fingerprint density at radius 3 is 2.90 bits per heavy atom. The summed E-state index contributed by atoms with van der Waals surface area (Å²) in [5.74, 6) is 0.287. The molecule has 3 aromatic rings. The quantitative estimate of drug-likeness (QED) is 0.753. The molecule has 0 saturated heterocycles. The first-order valence-corrected chi connectivity index (χ1v) is 6.52. The van der Waals surface area contributed by atoms with Crippen LogP contribution in [-0.2, 0) is 0 Å². The maximum absolute atomic E-state index is 12.2. The second-order valence-corrected chi connectivity index (χ2v) is 4.97. The number of aromatic amines is 1. The summed E-state index contributed by atoms with van der Waals surface area (Å²) in [4.78, 5) is 19.3. The number of para-hydroxylation sites is 1. The Labute approximate surface area is 120 Å². The molecule has 3 rings (SSSR count). The number of anilines is 1. The fourth-order valence-corrected chi connectivity index (χ4v) is 2.26. The van der Waals surface area contributed by atoms with Crippen molar-refractivity contribution in [3.05, 3.63) is 58.9 Å². The zero-order valence-electron chi connectivity index (χ0n) is 10.8. The van der Waals surface area contributed by atoms with Gasteiger partial charge in [0.1, 0.15) is 11.5 Å². The smallest absolute Gasteiger partial charge is 0.273 e. The van der Waals surface area contributed by atoms with Crippen molar-refractivity contribution in [2.24, 2.45) is 0 Å². The average Bonchev–Trinajstić information content (AvgIpc) is 2.84. The van der Waals surface area contributed by atoms with Crippen LogP contribution < -0.4 is 5.32 Å². The lowest BCUT2D eigenvalue weighted by Crippen LogP contribution is -2.13. The summed E-state index contributed by atoms with van der Waals surface area (Å²) in [6, 6.07) is 11.0. The van der Waals surface area contributed by atoms with Gasteiger partial charge in [0, 0.05) is 11.6 Å². The predicted molar refractivity (Wildman–Crippen MR) is 80.2 cm³/mol. The van der Waals surface area contributed by atoms with E-state index in [-0.39, 0.29) is 5.91 Å². The molecule has 2 heterocycles. The Kier molecular flexibility index (Phi) is 3.16. The van der Waals surface area contributed by atoms with Gasteiger partial charge in [0.15, 0.2) is 0 Å². The summed E-state index contributed by atoms with van der Waals surface area (Å²) in [7, 11) is 0. The predicted octanol–water partition coefficient (Wildman–Crippen LogP) is 3.78. The highest BCUT2D eigenvalue weighted by molar-refractivity contribution is 6.35. The molecule has 2 aromatic heterocycles. The number of halogens is 1. The number of fused-ring (bicyclic) bond motifs is 1. The number of hydrogen-bond donors (Lipinski definition) is 2. The Morgan fingerprint density at radius 1 is 1.30 bits per heavy atom. The van der Waals surface area contributed by atoms with Crippen molar-refractivity contribution in [2.45, 2.75) is 6.92 Å². The maximum atomic E-state index is 12.2. The summed E-state index contributed by atoms with van der Waals surface area (Å²) in [5.41, 5.74) is 2.25. The number of pyridine rings is 1. The molecule has 0 atom stereocenters. The number of hydrogen-bond acceptors (Lipinski definition) is 2. The third-order valence-electron chi connectivity index (χ3n) is 3.01. The molecule has 1 amide bonds. The van der Waals surface area contributed by atoms with Crippen LogP contribution in [0.1, 0.15) is 16.1 Å². The summed E-state index contributed by atoms with van der Waals surface area (Å²) in [6.07, 6.45) is 1.66. The minimum absolute atomic E-state index is 0.240. The highest BCUT2D eigenvalue weighted by Crippen LogP contribution is 2.23. The van der Waals surface area contributed by atoms with Gasteiger partial charge in [-0.25, -0.2) is 4.98 Å². The van der Waals surface area contributed by atoms with Crippen LogP contribution in [0.2, 0.25) is 5.02 Å². The fourth-order valence-electron chi connectivity index (χ4n) is 2.03. The van der Waals surface area contributed by atoms with E-state index in [1.165, 1.54) is 0 Å². The van der Waals surface area contributed by atoms with E-state index in [9.17, 15) is 4.79 Å². The number of carbonyl (C=O) groups is 1. The van der Waals surface area contributed by atoms with Crippen molar-refractivity contribution < 1.29 is 4.79 Å². The molecule has 0 bridgehead atoms. The molecule has 0 aliphatic heterocycles. The van der Waals surface area contributed by atoms with Crippen molar-refractivity contribution in [2.75, 3.05) is 5.32 Å². The number of H-pyrrole nitrogens is 1. The lowest BCUT2D eigenvalue weighted by atomic mass is 10.2. The van der Waals surface area contributed by atoms with Crippen LogP contribution >= 0.6 is 11.6 Å². The van der Waals surface area contributed by atoms with Gasteiger partial charge in [-0.3, -0.25) is 4.79 Å². The second kappa shape index (κ2) is 4.98. The van der Waals surface area contributed by atoms with E-state index in [1.54, 1.807) is 18.3 Å². The van der Waals surface area contributed by atoms with E-state index < -0.39 is 0 Å². The molecule has 0 aliphatic carbocycles. The van der Waals surface area contributed by atoms with Crippen LogP contribution in [0.15, 0.2) is 42.6 Å². The van der Waals surface area contributed by atoms with Gasteiger partial charge < -0.3 is 10.3 Å². The monoisotopic (exact) mass is 285 g/mol. The molecule has 0 aliphatic rings. The number of aromatic nitrogens is 2. The number of nitrogens with one attached hydrogen (secondary N) is 2. The molecular weight excluding hydrogens is 274 g/mol. The van der Waals surface area contributed by atoms with Gasteiger partial charge in [-0.15, -0.1) is 0 Å². The molecule has 5 heteroatoms. The normalized spacial score (nSPS) is 10.7. The van der Waals surface area contributed by atoms with Crippen LogP contribution in [0.3, 0.4) is 0 Å². The Hall–Kier alpha value is -2.33. The molecule has 0 spiro atoms. The molecule has 0 fully saturated rings. The average molecular weight is 286 g/mol. The number of benzene rings is 1. The first-order chi connectivity index (χ1) is 9.63. The van der Waals surface area contributed by atoms with Gasteiger partial charge in [-0.1, -0.05) is 23.7 Å². The zero-order valence-corrected chi connectivity index (χ0v) is 11.5. The molecule has 100 valence electrons. The van der Waals surface area contributed by atoms with Crippen molar-refractivity contribution >= 4 is 34.2 Å². The van der Waals surface area contributed by atoms with E-state index in [0.717, 1.165) is 16.5 Å². The molecule has 0 saturated carbocycles. The van der Waals surface area contributed by atoms with E-state index in [0.29, 0.717) is 16.5 Å². The van der Waals surface area contributed by atoms with Crippen LogP contribution in [0.25, 0.3) is 10.9 Å². The topological polar surface area (TPSA) is 57.8 Å². The number of carbonyl (C=O) groups excluding carboxylic acids is 1. The van der Waals surface area contributed by atoms with E-state index in [1.807, 2.05) is 31.2 Å². The zero-order chi connectivity index (χ0) is 14.1. The van der Waals surface area contributed by atoms with Crippen molar-refractivity contribution in [3.8, 4) is 0 Å². The Bertz CT molecular complexity index is 795. The molecule has 0 radical (unpaired) electrons. The second-order valence-electron chi connectivity index (χ2n) is 4.56. The lowest BCUT2D eigenvalue weighted by Gasteiger charge is -2.03. The van der Waals surface area contributed by atoms with Crippen LogP contribution in [0, 0.1) is 6.92 Å². The SMILES string of the molecule is Cc1ccnc(NC(=O)c2cc3cccc(Cl)c3[nH]2)c1. The lowest BCUT2D eigenvalue weighted by molar-refractivity contribution is 0.102. The fraction of sp³-hybridized carbons (Fsp3) is 0.0667. The van der Waals surface area contributed by atoms with Gasteiger partial charge in [-0.05, 0) is 36.8 Å². The summed E-state index contributed by atoms with van der Waals surface area (Å²) in [6.45, 7) is 1.94. The van der Waals surface area contributed by atoms with Crippen LogP contribution in [0.5, 0.6) is 0 Å². The van der Waals surface area contributed by atoms with Crippen LogP contribution in [0.4, 0.5) is 5.82 Å². The highest BCUT2D eigenvalue weighted by Gasteiger charge is 2.11. The van der Waals surface area contributed by atoms with E-state index in [2.05, 4.69) is 15.3 Å². The minimum atomic E-state index is -0.240. The molecule has 4 nitrogen and oxygen atoms in total. The summed E-state index contributed by atoms with van der Waals surface area (Å²) < 4.78 is 0. The van der Waals surface area contributed by atoms with Gasteiger partial charge in [0.25, 0.3) is 5.91 Å². The highest BCUT2D eigenvalue weighted by atomic mass is 35.5. The first kappa shape index (κ1) is 12.7. The van der Waals surface area contributed by atoms with Crippen molar-refractivity contribution in [3.63, 3.8) is 0 Å². The maximum Gasteiger partial charge on any atom is 0.273 e. The van der Waals surface area contributed by atoms with Gasteiger partial charge in [0.2, 0.25) is 0 Å². The largest absolute Gasteiger partial charge is 0.349 e. The third kappa shape index (κ3) is 2.38. The van der Waals surface area contributed by atoms with Gasteiger partial charge in [0.05, 0.1) is 10.5 Å². The van der Waals surface area contributed by atoms with E-state index in [4.69, 9.17) is 11.6 Å². The van der Waals surface area contributed by atoms with Gasteiger partial charge in [-0.2, -0.15) is 0 Å². The number of nitrogens with zero attached hydrogens (tertiary/aromatic N) is 1. The molecule has 0 unspecified atom stereocenters. The first-order valence-electron chi connectivity index (χ1n) is 6.15. The standard InChI is InChI=1S/C15H12ClN3O/c1-9-5-6-17-13(7-9)19-15(20)12-8-10-3-2-4-11(16)14(10)18-12/h2-8,18H,1H3,(H,17,19,20). The number of aryl methyl sites for hydroxylation is 1. The molecule has 1 aromatic carbocycles. The van der Waals surface area contributed by atoms with Crippen LogP contribution in [-0.4, -0.2) is 15.9 Å². The Balaban J connectivity index is 1.91. The molecular formula is C15H12ClN3O. The number of amides is 1. The van der Waals surface area contributed by atoms with Crippen molar-refractivity contribution in [1.29, 1.82) is 0 Å². The number of rotatable bonds is 2. The molecule has 20 heavy (non-hydrogen) atoms. The summed E-state index contributed by atoms with van der Waals surface area (Å²) >= 11 is 6.08. The van der Waals surface area contributed by atoms with Crippen molar-refractivity contribution in [1.82, 2.24) is 9.97 Å².